The number of nitrogens with one attached hydrogen (secondary N) is 2. The van der Waals surface area contributed by atoms with Gasteiger partial charge in [-0.3, -0.25) is 9.48 Å². The monoisotopic (exact) mass is 436 g/mol. The number of urea groups is 1. The van der Waals surface area contributed by atoms with E-state index >= 15 is 0 Å². The number of carbonyl (C=O) groups excluding carboxylic acids is 1. The van der Waals surface area contributed by atoms with E-state index in [-0.39, 0.29) is 24.0 Å². The fraction of sp³-hybridized carbons (Fsp3) is 0.182. The highest BCUT2D eigenvalue weighted by Crippen LogP contribution is 2.25. The molecule has 0 bridgehead atoms. The van der Waals surface area contributed by atoms with Gasteiger partial charge in [0.1, 0.15) is 24.5 Å². The van der Waals surface area contributed by atoms with Gasteiger partial charge in [-0.2, -0.15) is 9.50 Å². The zero-order valence-corrected chi connectivity index (χ0v) is 17.4. The SMILES string of the molecule is CC(C)n1cnc2nc(COc3ccccc3NC(=O)Nc3cccc(F)c3)cc(=O)n21. The Balaban J connectivity index is 1.48. The molecule has 0 aliphatic rings. The highest BCUT2D eigenvalue weighted by Gasteiger charge is 2.12. The standard InChI is InChI=1S/C22H21FN6O3/c1-14(2)28-13-24-21-25-17(11-20(30)29(21)28)12-32-19-9-4-3-8-18(19)27-22(31)26-16-7-5-6-15(23)10-16/h3-11,13-14H,12H2,1-2H3,(H2,26,27,31). The third-order valence-electron chi connectivity index (χ3n) is 4.58. The molecule has 164 valence electrons. The Morgan fingerprint density at radius 2 is 1.94 bits per heavy atom. The number of benzene rings is 2. The maximum atomic E-state index is 13.3. The molecule has 2 N–H and O–H groups in total. The number of anilines is 2. The molecular formula is C22H21FN6O3. The van der Waals surface area contributed by atoms with Gasteiger partial charge in [-0.15, -0.1) is 0 Å². The molecular weight excluding hydrogens is 415 g/mol. The van der Waals surface area contributed by atoms with Crippen molar-refractivity contribution in [1.29, 1.82) is 0 Å². The van der Waals surface area contributed by atoms with Crippen LogP contribution >= 0.6 is 0 Å². The van der Waals surface area contributed by atoms with E-state index in [1.54, 1.807) is 41.3 Å². The van der Waals surface area contributed by atoms with Crippen LogP contribution in [0.2, 0.25) is 0 Å². The minimum atomic E-state index is -0.552. The highest BCUT2D eigenvalue weighted by atomic mass is 19.1. The molecule has 2 heterocycles. The topological polar surface area (TPSA) is 103 Å². The number of fused-ring (bicyclic) bond motifs is 1. The third-order valence-corrected chi connectivity index (χ3v) is 4.58. The van der Waals surface area contributed by atoms with E-state index in [1.807, 2.05) is 13.8 Å². The molecule has 4 aromatic rings. The summed E-state index contributed by atoms with van der Waals surface area (Å²) in [4.78, 5) is 33.4. The molecule has 0 fully saturated rings. The molecule has 0 aliphatic carbocycles. The third kappa shape index (κ3) is 4.59. The van der Waals surface area contributed by atoms with Crippen LogP contribution in [0, 0.1) is 5.82 Å². The Labute approximate surface area is 182 Å². The number of hydrogen-bond acceptors (Lipinski definition) is 5. The zero-order chi connectivity index (χ0) is 22.7. The van der Waals surface area contributed by atoms with E-state index in [9.17, 15) is 14.0 Å². The first-order chi connectivity index (χ1) is 15.4. The van der Waals surface area contributed by atoms with Gasteiger partial charge in [-0.05, 0) is 44.2 Å². The number of rotatable bonds is 6. The summed E-state index contributed by atoms with van der Waals surface area (Å²) in [6.45, 7) is 3.89. The first-order valence-corrected chi connectivity index (χ1v) is 9.92. The average Bonchev–Trinajstić information content (AvgIpc) is 3.18. The second-order valence-corrected chi connectivity index (χ2v) is 7.29. The molecule has 2 aromatic heterocycles. The Hall–Kier alpha value is -4.21. The number of hydrogen-bond donors (Lipinski definition) is 2. The molecule has 0 atom stereocenters. The lowest BCUT2D eigenvalue weighted by molar-refractivity contribution is 0.261. The lowest BCUT2D eigenvalue weighted by Gasteiger charge is -2.13. The van der Waals surface area contributed by atoms with Gasteiger partial charge in [-0.25, -0.2) is 14.2 Å². The maximum absolute atomic E-state index is 13.3. The predicted molar refractivity (Wildman–Crippen MR) is 117 cm³/mol. The number of halogens is 1. The van der Waals surface area contributed by atoms with Crippen LogP contribution in [0.15, 0.2) is 65.7 Å². The molecule has 9 nitrogen and oxygen atoms in total. The van der Waals surface area contributed by atoms with Gasteiger partial charge < -0.3 is 15.4 Å². The average molecular weight is 436 g/mol. The van der Waals surface area contributed by atoms with Crippen molar-refractivity contribution < 1.29 is 13.9 Å². The smallest absolute Gasteiger partial charge is 0.323 e. The second kappa shape index (κ2) is 8.88. The van der Waals surface area contributed by atoms with E-state index in [4.69, 9.17) is 4.74 Å². The van der Waals surface area contributed by atoms with Crippen molar-refractivity contribution in [3.8, 4) is 5.75 Å². The molecule has 32 heavy (non-hydrogen) atoms. The van der Waals surface area contributed by atoms with Gasteiger partial charge in [-0.1, -0.05) is 18.2 Å². The van der Waals surface area contributed by atoms with Crippen molar-refractivity contribution in [2.24, 2.45) is 0 Å². The number of carbonyl (C=O) groups is 1. The van der Waals surface area contributed by atoms with Crippen LogP contribution in [-0.2, 0) is 6.61 Å². The minimum Gasteiger partial charge on any atom is -0.485 e. The number of aromatic nitrogens is 4. The van der Waals surface area contributed by atoms with E-state index in [1.165, 1.54) is 28.8 Å². The minimum absolute atomic E-state index is 0.00445. The first-order valence-electron chi connectivity index (χ1n) is 9.92. The highest BCUT2D eigenvalue weighted by molar-refractivity contribution is 6.00. The van der Waals surface area contributed by atoms with E-state index < -0.39 is 11.8 Å². The van der Waals surface area contributed by atoms with Crippen LogP contribution in [-0.4, -0.2) is 25.2 Å². The Morgan fingerprint density at radius 3 is 2.72 bits per heavy atom. The largest absolute Gasteiger partial charge is 0.485 e. The summed E-state index contributed by atoms with van der Waals surface area (Å²) in [5, 5.41) is 5.23. The molecule has 2 amide bonds. The van der Waals surface area contributed by atoms with Crippen LogP contribution < -0.4 is 20.9 Å². The second-order valence-electron chi connectivity index (χ2n) is 7.29. The summed E-state index contributed by atoms with van der Waals surface area (Å²) >= 11 is 0. The summed E-state index contributed by atoms with van der Waals surface area (Å²) in [5.74, 6) is 0.215. The molecule has 4 rings (SSSR count). The number of ether oxygens (including phenoxy) is 1. The van der Waals surface area contributed by atoms with Gasteiger partial charge in [0.15, 0.2) is 0 Å². The first kappa shape index (κ1) is 21.0. The summed E-state index contributed by atoms with van der Waals surface area (Å²) in [6, 6.07) is 13.3. The maximum Gasteiger partial charge on any atom is 0.323 e. The van der Waals surface area contributed by atoms with Crippen molar-refractivity contribution in [1.82, 2.24) is 19.2 Å². The fourth-order valence-corrected chi connectivity index (χ4v) is 3.11. The van der Waals surface area contributed by atoms with E-state index in [0.29, 0.717) is 22.8 Å². The molecule has 0 saturated carbocycles. The fourth-order valence-electron chi connectivity index (χ4n) is 3.11. The van der Waals surface area contributed by atoms with Gasteiger partial charge >= 0.3 is 6.03 Å². The molecule has 0 aliphatic heterocycles. The molecule has 0 spiro atoms. The van der Waals surface area contributed by atoms with Crippen LogP contribution in [0.1, 0.15) is 25.6 Å². The summed E-state index contributed by atoms with van der Waals surface area (Å²) in [5.41, 5.74) is 0.867. The number of amides is 2. The lowest BCUT2D eigenvalue weighted by atomic mass is 10.3. The zero-order valence-electron chi connectivity index (χ0n) is 17.4. The normalized spacial score (nSPS) is 11.0. The summed E-state index contributed by atoms with van der Waals surface area (Å²) < 4.78 is 22.2. The van der Waals surface area contributed by atoms with E-state index in [0.717, 1.165) is 0 Å². The quantitative estimate of drug-likeness (QED) is 0.478. The van der Waals surface area contributed by atoms with Gasteiger partial charge in [0.05, 0.1) is 11.4 Å². The van der Waals surface area contributed by atoms with Crippen molar-refractivity contribution >= 4 is 23.2 Å². The van der Waals surface area contributed by atoms with Crippen molar-refractivity contribution in [3.05, 3.63) is 82.8 Å². The summed E-state index contributed by atoms with van der Waals surface area (Å²) in [7, 11) is 0. The van der Waals surface area contributed by atoms with Crippen LogP contribution in [0.25, 0.3) is 5.78 Å². The Kier molecular flexibility index (Phi) is 5.84. The predicted octanol–water partition coefficient (Wildman–Crippen LogP) is 3.83. The van der Waals surface area contributed by atoms with Gasteiger partial charge in [0.25, 0.3) is 11.3 Å². The molecule has 0 saturated heterocycles. The lowest BCUT2D eigenvalue weighted by Crippen LogP contribution is -2.23. The Morgan fingerprint density at radius 1 is 1.12 bits per heavy atom. The molecule has 2 aromatic carbocycles. The molecule has 0 unspecified atom stereocenters. The van der Waals surface area contributed by atoms with Crippen molar-refractivity contribution in [2.45, 2.75) is 26.5 Å². The van der Waals surface area contributed by atoms with Crippen molar-refractivity contribution in [2.75, 3.05) is 10.6 Å². The van der Waals surface area contributed by atoms with Gasteiger partial charge in [0, 0.05) is 17.8 Å². The summed E-state index contributed by atoms with van der Waals surface area (Å²) in [6.07, 6.45) is 1.56. The number of para-hydroxylation sites is 2. The molecule has 10 heteroatoms. The Bertz CT molecular complexity index is 1330. The van der Waals surface area contributed by atoms with Crippen LogP contribution in [0.4, 0.5) is 20.6 Å². The van der Waals surface area contributed by atoms with Crippen molar-refractivity contribution in [3.63, 3.8) is 0 Å². The molecule has 0 radical (unpaired) electrons. The van der Waals surface area contributed by atoms with E-state index in [2.05, 4.69) is 20.6 Å². The van der Waals surface area contributed by atoms with Gasteiger partial charge in [0.2, 0.25) is 0 Å². The van der Waals surface area contributed by atoms with Crippen LogP contribution in [0.5, 0.6) is 5.75 Å². The van der Waals surface area contributed by atoms with Crippen LogP contribution in [0.3, 0.4) is 0 Å². The number of nitrogens with zero attached hydrogens (tertiary/aromatic N) is 4.